The van der Waals surface area contributed by atoms with E-state index in [0.29, 0.717) is 23.3 Å². The summed E-state index contributed by atoms with van der Waals surface area (Å²) in [5.74, 6) is 1.87. The second kappa shape index (κ2) is 23.9. The summed E-state index contributed by atoms with van der Waals surface area (Å²) in [5.41, 5.74) is 1.75. The summed E-state index contributed by atoms with van der Waals surface area (Å²) in [5, 5.41) is 0. The van der Waals surface area contributed by atoms with Gasteiger partial charge >= 0.3 is 25.5 Å². The van der Waals surface area contributed by atoms with Crippen molar-refractivity contribution in [2.24, 2.45) is 5.92 Å². The van der Waals surface area contributed by atoms with E-state index < -0.39 is 0 Å². The van der Waals surface area contributed by atoms with Crippen LogP contribution >= 0.6 is 0 Å². The summed E-state index contributed by atoms with van der Waals surface area (Å²) >= 11 is 2.31. The van der Waals surface area contributed by atoms with Crippen LogP contribution in [0.15, 0.2) is 72.8 Å². The average molecular weight is 606 g/mol. The third-order valence-electron chi connectivity index (χ3n) is 6.57. The fourth-order valence-corrected chi connectivity index (χ4v) is 4.01. The second-order valence-electron chi connectivity index (χ2n) is 9.73. The van der Waals surface area contributed by atoms with Gasteiger partial charge in [0.05, 0.1) is 12.7 Å². The number of aryl methyl sites for hydroxylation is 1. The number of carbonyl (C=O) groups is 1. The van der Waals surface area contributed by atoms with Crippen molar-refractivity contribution < 1.29 is 38.5 Å². The van der Waals surface area contributed by atoms with E-state index in [-0.39, 0.29) is 5.97 Å². The second-order valence-corrected chi connectivity index (χ2v) is 9.73. The van der Waals surface area contributed by atoms with Gasteiger partial charge in [0.1, 0.15) is 5.75 Å². The minimum atomic E-state index is -0.351. The van der Waals surface area contributed by atoms with E-state index in [0.717, 1.165) is 44.6 Å². The van der Waals surface area contributed by atoms with Gasteiger partial charge in [-0.05, 0) is 61.3 Å². The van der Waals surface area contributed by atoms with Gasteiger partial charge in [-0.25, -0.2) is 4.79 Å². The van der Waals surface area contributed by atoms with Crippen molar-refractivity contribution in [3.8, 4) is 11.5 Å². The SMILES string of the molecule is CCCCC(CC)COc1cc[c-]cc1.CCCOC(CC)CCc1ccc(OC(=O)c2cc[c-]cc2)cc1.[O]=[Co]. The fourth-order valence-electron chi connectivity index (χ4n) is 4.01. The van der Waals surface area contributed by atoms with E-state index in [2.05, 4.69) is 55.5 Å². The molecule has 0 aliphatic carbocycles. The van der Waals surface area contributed by atoms with Crippen LogP contribution in [-0.2, 0) is 30.7 Å². The van der Waals surface area contributed by atoms with Gasteiger partial charge in [0.25, 0.3) is 0 Å². The first-order valence-electron chi connectivity index (χ1n) is 14.7. The van der Waals surface area contributed by atoms with E-state index >= 15 is 0 Å². The first-order chi connectivity index (χ1) is 20.1. The predicted octanol–water partition coefficient (Wildman–Crippen LogP) is 8.80. The number of hydrogen-bond donors (Lipinski definition) is 0. The number of rotatable bonds is 16. The van der Waals surface area contributed by atoms with Crippen molar-refractivity contribution in [2.45, 2.75) is 85.2 Å². The zero-order valence-corrected chi connectivity index (χ0v) is 26.1. The number of unbranched alkanes of at least 4 members (excludes halogenated alkanes) is 1. The van der Waals surface area contributed by atoms with E-state index in [1.54, 1.807) is 24.3 Å². The molecule has 0 saturated carbocycles. The average Bonchev–Trinajstić information content (AvgIpc) is 3.04. The summed E-state index contributed by atoms with van der Waals surface area (Å²) in [7, 11) is 0. The molecule has 0 radical (unpaired) electrons. The molecular weight excluding hydrogens is 559 g/mol. The summed E-state index contributed by atoms with van der Waals surface area (Å²) in [4.78, 5) is 12.0. The molecule has 0 aromatic heterocycles. The monoisotopic (exact) mass is 605 g/mol. The topological polar surface area (TPSA) is 61.8 Å². The minimum absolute atomic E-state index is 0.317. The number of carbonyl (C=O) groups excluding carboxylic acids is 1. The van der Waals surface area contributed by atoms with Crippen LogP contribution in [0, 0.1) is 18.1 Å². The molecule has 0 spiro atoms. The summed E-state index contributed by atoms with van der Waals surface area (Å²) < 4.78 is 24.9. The van der Waals surface area contributed by atoms with Crippen molar-refractivity contribution in [1.82, 2.24) is 0 Å². The first kappa shape index (κ1) is 36.2. The molecule has 3 rings (SSSR count). The Hall–Kier alpha value is -2.80. The Morgan fingerprint density at radius 2 is 1.41 bits per heavy atom. The Morgan fingerprint density at radius 3 is 1.98 bits per heavy atom. The van der Waals surface area contributed by atoms with Gasteiger partial charge in [0.15, 0.2) is 0 Å². The molecule has 0 N–H and O–H groups in total. The Morgan fingerprint density at radius 1 is 0.780 bits per heavy atom. The van der Waals surface area contributed by atoms with Crippen LogP contribution < -0.4 is 9.47 Å². The summed E-state index contributed by atoms with van der Waals surface area (Å²) in [6, 6.07) is 28.1. The molecule has 41 heavy (non-hydrogen) atoms. The molecule has 5 nitrogen and oxygen atoms in total. The Bertz CT molecular complexity index is 1030. The van der Waals surface area contributed by atoms with Crippen LogP contribution in [0.3, 0.4) is 0 Å². The summed E-state index contributed by atoms with van der Waals surface area (Å²) in [6.45, 7) is 10.4. The molecule has 0 aliphatic rings. The maximum absolute atomic E-state index is 12.0. The van der Waals surface area contributed by atoms with Crippen LogP contribution in [0.2, 0.25) is 0 Å². The molecular formula is C35H46CoO5-2. The molecule has 3 aromatic rings. The zero-order chi connectivity index (χ0) is 30.1. The molecule has 3 aromatic carbocycles. The van der Waals surface area contributed by atoms with Gasteiger partial charge in [0.2, 0.25) is 0 Å². The molecule has 0 saturated heterocycles. The van der Waals surface area contributed by atoms with Crippen molar-refractivity contribution in [2.75, 3.05) is 13.2 Å². The Kier molecular flexibility index (Phi) is 21.1. The quantitative estimate of drug-likeness (QED) is 0.0928. The van der Waals surface area contributed by atoms with Gasteiger partial charge in [0, 0.05) is 12.4 Å². The van der Waals surface area contributed by atoms with Gasteiger partial charge < -0.3 is 14.2 Å². The van der Waals surface area contributed by atoms with Crippen molar-refractivity contribution in [1.29, 1.82) is 0 Å². The van der Waals surface area contributed by atoms with Crippen LogP contribution in [0.25, 0.3) is 0 Å². The molecule has 6 heteroatoms. The fraction of sp³-hybridized carbons (Fsp3) is 0.457. The van der Waals surface area contributed by atoms with Crippen LogP contribution in [0.5, 0.6) is 11.5 Å². The molecule has 0 aliphatic heterocycles. The van der Waals surface area contributed by atoms with Gasteiger partial charge in [-0.1, -0.05) is 59.1 Å². The zero-order valence-electron chi connectivity index (χ0n) is 25.0. The number of ether oxygens (including phenoxy) is 3. The molecule has 0 bridgehead atoms. The van der Waals surface area contributed by atoms with Crippen LogP contribution in [-0.4, -0.2) is 25.3 Å². The van der Waals surface area contributed by atoms with Gasteiger partial charge in [-0.3, -0.25) is 0 Å². The predicted molar refractivity (Wildman–Crippen MR) is 160 cm³/mol. The molecule has 0 amide bonds. The third kappa shape index (κ3) is 16.3. The van der Waals surface area contributed by atoms with Gasteiger partial charge in [-0.2, -0.15) is 48.5 Å². The van der Waals surface area contributed by atoms with Crippen molar-refractivity contribution in [3.05, 3.63) is 96.1 Å². The molecule has 0 heterocycles. The van der Waals surface area contributed by atoms with Crippen LogP contribution in [0.1, 0.15) is 88.6 Å². The van der Waals surface area contributed by atoms with E-state index in [1.165, 1.54) is 31.2 Å². The number of benzene rings is 3. The van der Waals surface area contributed by atoms with Crippen molar-refractivity contribution >= 4 is 5.97 Å². The standard InChI is InChI=1S/C21H25O3.C14H21O.Co.O/c1-3-16-23-19(4-2)13-10-17-11-14-20(15-12-17)24-21(22)18-8-6-5-7-9-18;1-3-5-9-13(4-2)12-15-14-10-7-6-8-11-14;;/h6-9,11-12,14-15,19H,3-4,10,13,16H2,1-2H3;7-8,10-11,13H,3-5,9,12H2,1-2H3;;/q2*-1;;. The third-order valence-corrected chi connectivity index (χ3v) is 6.57. The number of esters is 1. The Labute approximate surface area is 255 Å². The molecule has 2 unspecified atom stereocenters. The Balaban J connectivity index is 0.000000425. The molecule has 2 atom stereocenters. The normalized spacial score (nSPS) is 11.6. The molecule has 227 valence electrons. The van der Waals surface area contributed by atoms with E-state index in [4.69, 9.17) is 18.1 Å². The number of hydrogen-bond acceptors (Lipinski definition) is 5. The van der Waals surface area contributed by atoms with E-state index in [9.17, 15) is 4.79 Å². The maximum atomic E-state index is 12.0. The van der Waals surface area contributed by atoms with Gasteiger partial charge in [-0.15, -0.1) is 12.1 Å². The van der Waals surface area contributed by atoms with E-state index in [1.807, 2.05) is 48.5 Å². The first-order valence-corrected chi connectivity index (χ1v) is 15.1. The summed E-state index contributed by atoms with van der Waals surface area (Å²) in [6.07, 6.45) is 9.45. The molecule has 0 fully saturated rings. The van der Waals surface area contributed by atoms with Crippen molar-refractivity contribution in [3.63, 3.8) is 0 Å². The van der Waals surface area contributed by atoms with Crippen LogP contribution in [0.4, 0.5) is 0 Å².